The molecule has 15 heavy (non-hydrogen) atoms. The predicted octanol–water partition coefficient (Wildman–Crippen LogP) is 1.47. The summed E-state index contributed by atoms with van der Waals surface area (Å²) in [4.78, 5) is 10.4. The maximum atomic E-state index is 12.3. The highest BCUT2D eigenvalue weighted by Crippen LogP contribution is 2.39. The maximum Gasteiger partial charge on any atom is 0.422 e. The Bertz CT molecular complexity index is 348. The molecule has 0 bridgehead atoms. The number of hydrogen-bond acceptors (Lipinski definition) is 2. The molecular formula is C8H6ClF3O3. The van der Waals surface area contributed by atoms with Crippen molar-refractivity contribution in [2.24, 2.45) is 0 Å². The van der Waals surface area contributed by atoms with E-state index in [-0.39, 0.29) is 5.57 Å². The lowest BCUT2D eigenvalue weighted by molar-refractivity contribution is -0.237. The number of aliphatic carboxylic acids is 1. The summed E-state index contributed by atoms with van der Waals surface area (Å²) < 4.78 is 37.0. The number of carboxylic acids is 1. The highest BCUT2D eigenvalue weighted by atomic mass is 35.5. The van der Waals surface area contributed by atoms with Crippen LogP contribution in [0.5, 0.6) is 0 Å². The molecule has 0 amide bonds. The minimum absolute atomic E-state index is 0.341. The van der Waals surface area contributed by atoms with Gasteiger partial charge in [-0.3, -0.25) is 0 Å². The Labute approximate surface area is 87.5 Å². The summed E-state index contributed by atoms with van der Waals surface area (Å²) >= 11 is 5.29. The Morgan fingerprint density at radius 1 is 1.53 bits per heavy atom. The topological polar surface area (TPSA) is 57.5 Å². The Balaban J connectivity index is 3.06. The lowest BCUT2D eigenvalue weighted by Crippen LogP contribution is -2.51. The molecule has 0 aromatic rings. The van der Waals surface area contributed by atoms with Crippen LogP contribution in [0.3, 0.4) is 0 Å². The van der Waals surface area contributed by atoms with E-state index in [4.69, 9.17) is 16.7 Å². The summed E-state index contributed by atoms with van der Waals surface area (Å²) in [6, 6.07) is 0. The van der Waals surface area contributed by atoms with Crippen molar-refractivity contribution in [1.29, 1.82) is 0 Å². The fourth-order valence-electron chi connectivity index (χ4n) is 1.04. The second kappa shape index (κ2) is 3.53. The molecule has 2 N–H and O–H groups in total. The molecule has 0 saturated carbocycles. The van der Waals surface area contributed by atoms with Crippen LogP contribution >= 0.6 is 11.6 Å². The first kappa shape index (κ1) is 12.1. The Hall–Kier alpha value is -1.01. The van der Waals surface area contributed by atoms with Gasteiger partial charge in [-0.15, -0.1) is 11.6 Å². The molecule has 3 nitrogen and oxygen atoms in total. The lowest BCUT2D eigenvalue weighted by Gasteiger charge is -2.32. The summed E-state index contributed by atoms with van der Waals surface area (Å²) in [5.41, 5.74) is -3.60. The number of alkyl halides is 4. The van der Waals surface area contributed by atoms with E-state index in [0.29, 0.717) is 18.2 Å². The third-order valence-corrected chi connectivity index (χ3v) is 2.42. The summed E-state index contributed by atoms with van der Waals surface area (Å²) in [5.74, 6) is -1.40. The van der Waals surface area contributed by atoms with Crippen molar-refractivity contribution in [3.63, 3.8) is 0 Å². The summed E-state index contributed by atoms with van der Waals surface area (Å²) in [7, 11) is 0. The number of aliphatic hydroxyl groups is 1. The molecule has 1 rings (SSSR count). The highest BCUT2D eigenvalue weighted by molar-refractivity contribution is 6.23. The lowest BCUT2D eigenvalue weighted by atomic mass is 9.91. The average Bonchev–Trinajstić information content (AvgIpc) is 2.07. The first-order valence-corrected chi connectivity index (χ1v) is 4.19. The first-order chi connectivity index (χ1) is 6.68. The smallest absolute Gasteiger partial charge is 0.422 e. The summed E-state index contributed by atoms with van der Waals surface area (Å²) in [6.07, 6.45) is -3.28. The van der Waals surface area contributed by atoms with Crippen molar-refractivity contribution in [3.05, 3.63) is 23.8 Å². The van der Waals surface area contributed by atoms with Crippen molar-refractivity contribution >= 4 is 17.6 Å². The second-order valence-corrected chi connectivity index (χ2v) is 3.46. The van der Waals surface area contributed by atoms with Gasteiger partial charge in [0.25, 0.3) is 0 Å². The van der Waals surface area contributed by atoms with Crippen LogP contribution in [0.1, 0.15) is 0 Å². The number of hydrogen-bond donors (Lipinski definition) is 2. The normalized spacial score (nSPS) is 31.3. The molecule has 0 aromatic carbocycles. The fourth-order valence-corrected chi connectivity index (χ4v) is 1.37. The van der Waals surface area contributed by atoms with E-state index >= 15 is 0 Å². The van der Waals surface area contributed by atoms with Crippen molar-refractivity contribution in [2.45, 2.75) is 17.2 Å². The van der Waals surface area contributed by atoms with Gasteiger partial charge in [-0.1, -0.05) is 0 Å². The van der Waals surface area contributed by atoms with Crippen LogP contribution in [-0.4, -0.2) is 33.3 Å². The maximum absolute atomic E-state index is 12.3. The summed E-state index contributed by atoms with van der Waals surface area (Å²) in [5, 5.41) is 15.8. The quantitative estimate of drug-likeness (QED) is 0.685. The Kier molecular flexibility index (Phi) is 2.84. The van der Waals surface area contributed by atoms with E-state index in [1.807, 2.05) is 0 Å². The molecule has 1 aliphatic rings. The largest absolute Gasteiger partial charge is 0.478 e. The fraction of sp³-hybridized carbons (Fsp3) is 0.375. The van der Waals surface area contributed by atoms with Crippen LogP contribution in [0.25, 0.3) is 0 Å². The van der Waals surface area contributed by atoms with E-state index in [0.717, 1.165) is 0 Å². The predicted molar refractivity (Wildman–Crippen MR) is 45.5 cm³/mol. The zero-order valence-corrected chi connectivity index (χ0v) is 7.88. The molecule has 0 heterocycles. The molecule has 2 unspecified atom stereocenters. The van der Waals surface area contributed by atoms with Gasteiger partial charge >= 0.3 is 12.1 Å². The van der Waals surface area contributed by atoms with Gasteiger partial charge in [-0.25, -0.2) is 4.79 Å². The van der Waals surface area contributed by atoms with E-state index in [9.17, 15) is 23.1 Å². The van der Waals surface area contributed by atoms with Crippen molar-refractivity contribution in [3.8, 4) is 0 Å². The van der Waals surface area contributed by atoms with Gasteiger partial charge in [-0.05, 0) is 18.2 Å². The molecule has 7 heteroatoms. The Morgan fingerprint density at radius 3 is 2.40 bits per heavy atom. The van der Waals surface area contributed by atoms with Gasteiger partial charge in [0, 0.05) is 0 Å². The molecule has 0 radical (unpaired) electrons. The molecule has 0 fully saturated rings. The molecule has 0 spiro atoms. The standard InChI is InChI=1S/C8H6ClF3O3/c9-5-3-4(6(13)14)1-2-7(5,15)8(10,11)12/h1-3,5,15H,(H,13,14). The molecule has 0 aromatic heterocycles. The number of halogens is 4. The van der Waals surface area contributed by atoms with Crippen molar-refractivity contribution < 1.29 is 28.2 Å². The third kappa shape index (κ3) is 2.00. The van der Waals surface area contributed by atoms with Gasteiger partial charge in [0.15, 0.2) is 5.60 Å². The monoisotopic (exact) mass is 242 g/mol. The van der Waals surface area contributed by atoms with Crippen molar-refractivity contribution in [2.75, 3.05) is 0 Å². The van der Waals surface area contributed by atoms with Gasteiger partial charge in [0.2, 0.25) is 0 Å². The Morgan fingerprint density at radius 2 is 2.07 bits per heavy atom. The molecule has 0 aliphatic heterocycles. The van der Waals surface area contributed by atoms with E-state index < -0.39 is 23.1 Å². The van der Waals surface area contributed by atoms with Crippen LogP contribution in [-0.2, 0) is 4.79 Å². The van der Waals surface area contributed by atoms with Crippen LogP contribution in [0.2, 0.25) is 0 Å². The molecule has 0 saturated heterocycles. The van der Waals surface area contributed by atoms with Crippen LogP contribution in [0.4, 0.5) is 13.2 Å². The van der Waals surface area contributed by atoms with E-state index in [2.05, 4.69) is 0 Å². The van der Waals surface area contributed by atoms with Gasteiger partial charge in [0.1, 0.15) is 0 Å². The number of carboxylic acid groups (broad SMARTS) is 1. The van der Waals surface area contributed by atoms with Crippen LogP contribution in [0.15, 0.2) is 23.8 Å². The molecule has 84 valence electrons. The van der Waals surface area contributed by atoms with E-state index in [1.54, 1.807) is 0 Å². The minimum Gasteiger partial charge on any atom is -0.478 e. The number of carbonyl (C=O) groups is 1. The van der Waals surface area contributed by atoms with Crippen molar-refractivity contribution in [1.82, 2.24) is 0 Å². The zero-order valence-electron chi connectivity index (χ0n) is 7.12. The highest BCUT2D eigenvalue weighted by Gasteiger charge is 2.57. The van der Waals surface area contributed by atoms with Crippen LogP contribution in [0, 0.1) is 0 Å². The average molecular weight is 243 g/mol. The molecule has 2 atom stereocenters. The first-order valence-electron chi connectivity index (χ1n) is 3.76. The van der Waals surface area contributed by atoms with Gasteiger partial charge in [0.05, 0.1) is 11.0 Å². The summed E-state index contributed by atoms with van der Waals surface area (Å²) in [6.45, 7) is 0. The van der Waals surface area contributed by atoms with Crippen LogP contribution < -0.4 is 0 Å². The van der Waals surface area contributed by atoms with E-state index in [1.165, 1.54) is 0 Å². The molecule has 1 aliphatic carbocycles. The minimum atomic E-state index is -4.95. The zero-order chi connectivity index (χ0) is 11.9. The SMILES string of the molecule is O=C(O)C1=CC(Cl)C(O)(C(F)(F)F)C=C1. The van der Waals surface area contributed by atoms with Gasteiger partial charge in [-0.2, -0.15) is 13.2 Å². The van der Waals surface area contributed by atoms with Gasteiger partial charge < -0.3 is 10.2 Å². The number of rotatable bonds is 1. The second-order valence-electron chi connectivity index (χ2n) is 2.99. The third-order valence-electron chi connectivity index (χ3n) is 1.96. The molecular weight excluding hydrogens is 237 g/mol.